The van der Waals surface area contributed by atoms with Crippen LogP contribution in [0.5, 0.6) is 0 Å². The van der Waals surface area contributed by atoms with Gasteiger partial charge in [-0.2, -0.15) is 0 Å². The largest absolute Gasteiger partial charge is 0.303 e. The van der Waals surface area contributed by atoms with Gasteiger partial charge in [0.25, 0.3) is 5.56 Å². The second-order valence-corrected chi connectivity index (χ2v) is 10.8. The third-order valence-corrected chi connectivity index (χ3v) is 9.16. The summed E-state index contributed by atoms with van der Waals surface area (Å²) in [6.45, 7) is 1.16. The molecule has 1 aliphatic heterocycles. The van der Waals surface area contributed by atoms with Crippen molar-refractivity contribution in [1.82, 2.24) is 14.5 Å². The molecule has 2 heterocycles. The summed E-state index contributed by atoms with van der Waals surface area (Å²) in [5.74, 6) is 1.43. The van der Waals surface area contributed by atoms with E-state index >= 15 is 0 Å². The van der Waals surface area contributed by atoms with Crippen molar-refractivity contribution >= 4 is 10.9 Å². The van der Waals surface area contributed by atoms with Gasteiger partial charge in [0.15, 0.2) is 0 Å². The molecule has 0 unspecified atom stereocenters. The summed E-state index contributed by atoms with van der Waals surface area (Å²) in [7, 11) is 2.31. The van der Waals surface area contributed by atoms with Crippen molar-refractivity contribution in [3.8, 4) is 17.1 Å². The summed E-state index contributed by atoms with van der Waals surface area (Å²) in [5.41, 5.74) is 5.89. The second-order valence-electron chi connectivity index (χ2n) is 10.8. The number of para-hydroxylation sites is 1. The van der Waals surface area contributed by atoms with Crippen LogP contribution >= 0.6 is 0 Å². The van der Waals surface area contributed by atoms with E-state index in [1.807, 2.05) is 59.2 Å². The number of hydrogen-bond donors (Lipinski definition) is 0. The highest BCUT2D eigenvalue weighted by atomic mass is 16.1. The fraction of sp³-hybridized carbons (Fsp3) is 0.355. The lowest BCUT2D eigenvalue weighted by Gasteiger charge is -2.58. The molecule has 7 rings (SSSR count). The highest BCUT2D eigenvalue weighted by molar-refractivity contribution is 5.80. The Kier molecular flexibility index (Phi) is 4.75. The maximum atomic E-state index is 13.9. The van der Waals surface area contributed by atoms with Crippen molar-refractivity contribution in [3.05, 3.63) is 94.3 Å². The van der Waals surface area contributed by atoms with Crippen LogP contribution in [0.1, 0.15) is 43.2 Å². The first-order valence-electron chi connectivity index (χ1n) is 13.1. The molecule has 2 aliphatic carbocycles. The summed E-state index contributed by atoms with van der Waals surface area (Å²) in [5, 5.41) is 0.665. The molecular formula is C31H31N3O. The van der Waals surface area contributed by atoms with Gasteiger partial charge in [-0.05, 0) is 80.6 Å². The van der Waals surface area contributed by atoms with Crippen molar-refractivity contribution in [3.63, 3.8) is 0 Å². The molecule has 3 aliphatic rings. The normalized spacial score (nSPS) is 25.7. The van der Waals surface area contributed by atoms with Crippen molar-refractivity contribution < 1.29 is 0 Å². The van der Waals surface area contributed by atoms with Crippen molar-refractivity contribution in [2.24, 2.45) is 5.92 Å². The van der Waals surface area contributed by atoms with Crippen LogP contribution in [-0.2, 0) is 11.8 Å². The smallest absolute Gasteiger partial charge is 0.266 e. The quantitative estimate of drug-likeness (QED) is 0.382. The zero-order valence-electron chi connectivity index (χ0n) is 20.3. The molecular weight excluding hydrogens is 430 g/mol. The van der Waals surface area contributed by atoms with Gasteiger partial charge in [0.1, 0.15) is 5.82 Å². The lowest BCUT2D eigenvalue weighted by atomic mass is 9.52. The van der Waals surface area contributed by atoms with Gasteiger partial charge in [0, 0.05) is 17.0 Å². The molecule has 176 valence electrons. The minimum Gasteiger partial charge on any atom is -0.303 e. The van der Waals surface area contributed by atoms with E-state index in [0.717, 1.165) is 35.7 Å². The molecule has 4 heteroatoms. The minimum atomic E-state index is 0.00385. The maximum absolute atomic E-state index is 13.9. The fourth-order valence-corrected chi connectivity index (χ4v) is 7.48. The van der Waals surface area contributed by atoms with Crippen LogP contribution < -0.4 is 5.56 Å². The molecule has 1 saturated carbocycles. The first-order valence-corrected chi connectivity index (χ1v) is 13.1. The number of aromatic nitrogens is 2. The molecule has 1 saturated heterocycles. The van der Waals surface area contributed by atoms with E-state index in [4.69, 9.17) is 4.98 Å². The highest BCUT2D eigenvalue weighted by Gasteiger charge is 2.53. The predicted molar refractivity (Wildman–Crippen MR) is 141 cm³/mol. The topological polar surface area (TPSA) is 38.1 Å². The minimum absolute atomic E-state index is 0.00385. The number of hydrogen-bond acceptors (Lipinski definition) is 3. The standard InChI is InChI=1S/C31H31N3O/c1-33-18-17-31-16-8-7-12-25(31)28(33)19-22-14-15-23(20-26(22)31)34-29(21-9-3-2-4-10-21)32-27-13-6-5-11-24(27)30(34)35/h2-6,9-11,13-15,20,25,28H,7-8,12,16-19H2,1H3/t25-,28+,31+/m0/s1. The van der Waals surface area contributed by atoms with E-state index in [1.165, 1.54) is 43.2 Å². The van der Waals surface area contributed by atoms with Crippen LogP contribution in [0.3, 0.4) is 0 Å². The predicted octanol–water partition coefficient (Wildman–Crippen LogP) is 5.74. The van der Waals surface area contributed by atoms with Gasteiger partial charge in [0.2, 0.25) is 0 Å². The zero-order valence-corrected chi connectivity index (χ0v) is 20.3. The fourth-order valence-electron chi connectivity index (χ4n) is 7.48. The number of rotatable bonds is 2. The summed E-state index contributed by atoms with van der Waals surface area (Å²) in [6, 6.07) is 25.3. The molecule has 0 radical (unpaired) electrons. The van der Waals surface area contributed by atoms with E-state index < -0.39 is 0 Å². The Bertz CT molecular complexity index is 1490. The van der Waals surface area contributed by atoms with Gasteiger partial charge >= 0.3 is 0 Å². The first kappa shape index (κ1) is 21.1. The monoisotopic (exact) mass is 461 g/mol. The average molecular weight is 462 g/mol. The van der Waals surface area contributed by atoms with Crippen LogP contribution in [0, 0.1) is 5.92 Å². The van der Waals surface area contributed by atoms with Gasteiger partial charge < -0.3 is 4.90 Å². The number of likely N-dealkylation sites (tertiary alicyclic amines) is 1. The number of benzene rings is 3. The Morgan fingerprint density at radius 1 is 0.943 bits per heavy atom. The number of likely N-dealkylation sites (N-methyl/N-ethyl adjacent to an activating group) is 1. The lowest BCUT2D eigenvalue weighted by Crippen LogP contribution is -2.59. The van der Waals surface area contributed by atoms with Crippen LogP contribution in [0.15, 0.2) is 77.6 Å². The molecule has 4 nitrogen and oxygen atoms in total. The number of nitrogens with zero attached hydrogens (tertiary/aromatic N) is 3. The molecule has 0 spiro atoms. The van der Waals surface area contributed by atoms with Gasteiger partial charge in [-0.3, -0.25) is 9.36 Å². The maximum Gasteiger partial charge on any atom is 0.266 e. The summed E-state index contributed by atoms with van der Waals surface area (Å²) < 4.78 is 1.85. The van der Waals surface area contributed by atoms with Crippen LogP contribution in [-0.4, -0.2) is 34.1 Å². The molecule has 2 fully saturated rings. The SMILES string of the molecule is CN1CC[C@]23CCCC[C@H]2[C@H]1Cc1ccc(-n2c(-c4ccccc4)nc4ccccc4c2=O)cc13. The first-order chi connectivity index (χ1) is 17.2. The molecule has 35 heavy (non-hydrogen) atoms. The molecule has 0 N–H and O–H groups in total. The lowest BCUT2D eigenvalue weighted by molar-refractivity contribution is 0.00286. The Morgan fingerprint density at radius 2 is 1.77 bits per heavy atom. The molecule has 4 aromatic rings. The molecule has 2 bridgehead atoms. The Morgan fingerprint density at radius 3 is 2.66 bits per heavy atom. The van der Waals surface area contributed by atoms with Gasteiger partial charge in [-0.25, -0.2) is 4.98 Å². The molecule has 3 aromatic carbocycles. The molecule has 1 aromatic heterocycles. The zero-order chi connectivity index (χ0) is 23.6. The van der Waals surface area contributed by atoms with E-state index in [9.17, 15) is 4.79 Å². The number of piperidine rings is 1. The molecule has 3 atom stereocenters. The van der Waals surface area contributed by atoms with E-state index in [-0.39, 0.29) is 11.0 Å². The van der Waals surface area contributed by atoms with Crippen LogP contribution in [0.2, 0.25) is 0 Å². The van der Waals surface area contributed by atoms with Crippen molar-refractivity contribution in [2.45, 2.75) is 50.0 Å². The van der Waals surface area contributed by atoms with E-state index in [1.54, 1.807) is 0 Å². The second kappa shape index (κ2) is 7.89. The third-order valence-electron chi connectivity index (χ3n) is 9.16. The van der Waals surface area contributed by atoms with Gasteiger partial charge in [0.05, 0.1) is 16.6 Å². The highest BCUT2D eigenvalue weighted by Crippen LogP contribution is 2.55. The van der Waals surface area contributed by atoms with Crippen LogP contribution in [0.4, 0.5) is 0 Å². The Labute approximate surface area is 206 Å². The average Bonchev–Trinajstić information content (AvgIpc) is 2.91. The number of fused-ring (bicyclic) bond motifs is 2. The van der Waals surface area contributed by atoms with Crippen molar-refractivity contribution in [2.75, 3.05) is 13.6 Å². The Balaban J connectivity index is 1.48. The van der Waals surface area contributed by atoms with E-state index in [2.05, 4.69) is 30.1 Å². The van der Waals surface area contributed by atoms with Gasteiger partial charge in [-0.1, -0.05) is 61.4 Å². The van der Waals surface area contributed by atoms with Crippen LogP contribution in [0.25, 0.3) is 28.0 Å². The summed E-state index contributed by atoms with van der Waals surface area (Å²) in [6.07, 6.45) is 7.59. The summed E-state index contributed by atoms with van der Waals surface area (Å²) >= 11 is 0. The summed E-state index contributed by atoms with van der Waals surface area (Å²) in [4.78, 5) is 21.6. The van der Waals surface area contributed by atoms with Crippen molar-refractivity contribution in [1.29, 1.82) is 0 Å². The third kappa shape index (κ3) is 3.09. The molecule has 0 amide bonds. The van der Waals surface area contributed by atoms with Gasteiger partial charge in [-0.15, -0.1) is 0 Å². The Hall–Kier alpha value is -3.24. The van der Waals surface area contributed by atoms with E-state index in [0.29, 0.717) is 17.3 Å².